The van der Waals surface area contributed by atoms with Gasteiger partial charge in [0, 0.05) is 24.1 Å². The number of nitrogens with zero attached hydrogens (tertiary/aromatic N) is 1. The second-order valence-corrected chi connectivity index (χ2v) is 6.09. The maximum absolute atomic E-state index is 6.09. The summed E-state index contributed by atoms with van der Waals surface area (Å²) in [7, 11) is 0. The number of aromatic nitrogens is 1. The fourth-order valence-electron chi connectivity index (χ4n) is 3.29. The van der Waals surface area contributed by atoms with Crippen molar-refractivity contribution in [3.05, 3.63) is 24.0 Å². The number of anilines is 1. The van der Waals surface area contributed by atoms with Gasteiger partial charge in [0.05, 0.1) is 0 Å². The number of nitrogens with one attached hydrogen (secondary N) is 1. The minimum Gasteiger partial charge on any atom is -0.398 e. The van der Waals surface area contributed by atoms with Gasteiger partial charge >= 0.3 is 0 Å². The molecule has 0 amide bonds. The molecule has 1 unspecified atom stereocenters. The maximum Gasteiger partial charge on any atom is 0.0378 e. The fourth-order valence-corrected chi connectivity index (χ4v) is 3.29. The van der Waals surface area contributed by atoms with Crippen molar-refractivity contribution in [2.75, 3.05) is 12.3 Å². The first-order chi connectivity index (χ1) is 9.81. The first-order valence-corrected chi connectivity index (χ1v) is 8.23. The normalized spacial score (nSPS) is 18.6. The second kappa shape index (κ2) is 8.25. The minimum absolute atomic E-state index is 0.555. The molecule has 3 heteroatoms. The van der Waals surface area contributed by atoms with Crippen molar-refractivity contribution in [3.63, 3.8) is 0 Å². The Balaban J connectivity index is 2.04. The highest BCUT2D eigenvalue weighted by molar-refractivity contribution is 5.44. The Labute approximate surface area is 123 Å². The number of nitrogens with two attached hydrogens (primary N) is 1. The van der Waals surface area contributed by atoms with E-state index in [0.29, 0.717) is 6.04 Å². The third-order valence-electron chi connectivity index (χ3n) is 4.51. The number of nitrogen functional groups attached to an aromatic ring is 1. The molecule has 0 aliphatic heterocycles. The predicted octanol–water partition coefficient (Wildman–Crippen LogP) is 3.54. The Morgan fingerprint density at radius 2 is 2.05 bits per heavy atom. The molecule has 0 radical (unpaired) electrons. The molecule has 0 aromatic carbocycles. The largest absolute Gasteiger partial charge is 0.398 e. The van der Waals surface area contributed by atoms with Gasteiger partial charge in [-0.1, -0.05) is 32.6 Å². The topological polar surface area (TPSA) is 50.9 Å². The van der Waals surface area contributed by atoms with Gasteiger partial charge in [0.1, 0.15) is 0 Å². The maximum atomic E-state index is 6.09. The number of pyridine rings is 1. The van der Waals surface area contributed by atoms with E-state index in [9.17, 15) is 0 Å². The average molecular weight is 275 g/mol. The monoisotopic (exact) mass is 275 g/mol. The van der Waals surface area contributed by atoms with Gasteiger partial charge in [-0.05, 0) is 49.8 Å². The van der Waals surface area contributed by atoms with Crippen LogP contribution in [0.1, 0.15) is 57.4 Å². The highest BCUT2D eigenvalue weighted by Crippen LogP contribution is 2.28. The van der Waals surface area contributed by atoms with E-state index in [1.165, 1.54) is 50.5 Å². The molecule has 2 rings (SSSR count). The number of hydrogen-bond acceptors (Lipinski definition) is 3. The van der Waals surface area contributed by atoms with Gasteiger partial charge in [-0.3, -0.25) is 4.98 Å². The van der Waals surface area contributed by atoms with Crippen LogP contribution in [0, 0.1) is 5.92 Å². The van der Waals surface area contributed by atoms with Crippen LogP contribution in [0.3, 0.4) is 0 Å². The van der Waals surface area contributed by atoms with E-state index in [-0.39, 0.29) is 0 Å². The quantitative estimate of drug-likeness (QED) is 0.781. The Morgan fingerprint density at radius 3 is 2.70 bits per heavy atom. The molecule has 112 valence electrons. The van der Waals surface area contributed by atoms with E-state index in [1.54, 1.807) is 6.20 Å². The summed E-state index contributed by atoms with van der Waals surface area (Å²) in [5.41, 5.74) is 8.18. The first kappa shape index (κ1) is 15.3. The predicted molar refractivity (Wildman–Crippen MR) is 85.6 cm³/mol. The molecule has 1 fully saturated rings. The zero-order valence-corrected chi connectivity index (χ0v) is 12.8. The number of hydrogen-bond donors (Lipinski definition) is 2. The lowest BCUT2D eigenvalue weighted by Crippen LogP contribution is -2.38. The summed E-state index contributed by atoms with van der Waals surface area (Å²) in [4.78, 5) is 4.23. The van der Waals surface area contributed by atoms with Crippen LogP contribution in [-0.4, -0.2) is 17.6 Å². The highest BCUT2D eigenvalue weighted by atomic mass is 14.9. The molecule has 1 aliphatic carbocycles. The molecule has 20 heavy (non-hydrogen) atoms. The Morgan fingerprint density at radius 1 is 1.30 bits per heavy atom. The minimum atomic E-state index is 0.555. The smallest absolute Gasteiger partial charge is 0.0378 e. The van der Waals surface area contributed by atoms with Crippen LogP contribution < -0.4 is 11.1 Å². The second-order valence-electron chi connectivity index (χ2n) is 6.09. The average Bonchev–Trinajstić information content (AvgIpc) is 2.74. The van der Waals surface area contributed by atoms with Crippen molar-refractivity contribution in [3.8, 4) is 0 Å². The standard InChI is InChI=1S/C17H29N3/c1-2-10-20-17(14-7-5-3-4-6-8-14)12-15-13-19-11-9-16(15)18/h9,11,13-14,17,20H,2-8,10,12H2,1H3,(H2,18,19). The Hall–Kier alpha value is -1.09. The van der Waals surface area contributed by atoms with Crippen LogP contribution >= 0.6 is 0 Å². The fraction of sp³-hybridized carbons (Fsp3) is 0.706. The van der Waals surface area contributed by atoms with Crippen molar-refractivity contribution in [1.82, 2.24) is 10.3 Å². The van der Waals surface area contributed by atoms with Crippen LogP contribution in [0.25, 0.3) is 0 Å². The lowest BCUT2D eigenvalue weighted by Gasteiger charge is -2.28. The van der Waals surface area contributed by atoms with Crippen LogP contribution in [0.4, 0.5) is 5.69 Å². The molecule has 1 atom stereocenters. The van der Waals surface area contributed by atoms with E-state index < -0.39 is 0 Å². The van der Waals surface area contributed by atoms with Gasteiger partial charge in [0.25, 0.3) is 0 Å². The summed E-state index contributed by atoms with van der Waals surface area (Å²) in [5.74, 6) is 0.795. The molecule has 0 bridgehead atoms. The SMILES string of the molecule is CCCNC(Cc1cnccc1N)C1CCCCCC1. The van der Waals surface area contributed by atoms with Crippen molar-refractivity contribution in [2.45, 2.75) is 64.3 Å². The summed E-state index contributed by atoms with van der Waals surface area (Å²) in [6, 6.07) is 2.47. The van der Waals surface area contributed by atoms with Crippen LogP contribution in [0.15, 0.2) is 18.5 Å². The van der Waals surface area contributed by atoms with Gasteiger partial charge in [0.2, 0.25) is 0 Å². The van der Waals surface area contributed by atoms with E-state index in [2.05, 4.69) is 17.2 Å². The lowest BCUT2D eigenvalue weighted by atomic mass is 9.87. The molecular weight excluding hydrogens is 246 g/mol. The highest BCUT2D eigenvalue weighted by Gasteiger charge is 2.23. The Bertz CT molecular complexity index is 384. The van der Waals surface area contributed by atoms with Crippen molar-refractivity contribution >= 4 is 5.69 Å². The van der Waals surface area contributed by atoms with Crippen LogP contribution in [-0.2, 0) is 6.42 Å². The molecule has 3 nitrogen and oxygen atoms in total. The molecule has 1 saturated carbocycles. The van der Waals surface area contributed by atoms with Gasteiger partial charge in [-0.25, -0.2) is 0 Å². The van der Waals surface area contributed by atoms with Crippen molar-refractivity contribution in [2.24, 2.45) is 5.92 Å². The van der Waals surface area contributed by atoms with E-state index in [1.807, 2.05) is 12.3 Å². The summed E-state index contributed by atoms with van der Waals surface area (Å²) >= 11 is 0. The summed E-state index contributed by atoms with van der Waals surface area (Å²) < 4.78 is 0. The molecule has 1 heterocycles. The van der Waals surface area contributed by atoms with Gasteiger partial charge in [-0.2, -0.15) is 0 Å². The zero-order chi connectivity index (χ0) is 14.2. The molecule has 3 N–H and O–H groups in total. The molecule has 1 aromatic heterocycles. The zero-order valence-electron chi connectivity index (χ0n) is 12.8. The van der Waals surface area contributed by atoms with Gasteiger partial charge in [0.15, 0.2) is 0 Å². The van der Waals surface area contributed by atoms with Crippen molar-refractivity contribution < 1.29 is 0 Å². The third-order valence-corrected chi connectivity index (χ3v) is 4.51. The van der Waals surface area contributed by atoms with Gasteiger partial charge < -0.3 is 11.1 Å². The van der Waals surface area contributed by atoms with Crippen LogP contribution in [0.5, 0.6) is 0 Å². The molecule has 0 saturated heterocycles. The Kier molecular flexibility index (Phi) is 6.31. The molecule has 0 spiro atoms. The van der Waals surface area contributed by atoms with E-state index in [4.69, 9.17) is 5.73 Å². The van der Waals surface area contributed by atoms with E-state index >= 15 is 0 Å². The number of rotatable bonds is 6. The van der Waals surface area contributed by atoms with E-state index in [0.717, 1.165) is 24.6 Å². The third kappa shape index (κ3) is 4.48. The molecule has 1 aliphatic rings. The summed E-state index contributed by atoms with van der Waals surface area (Å²) in [5, 5.41) is 3.76. The van der Waals surface area contributed by atoms with Crippen molar-refractivity contribution in [1.29, 1.82) is 0 Å². The first-order valence-electron chi connectivity index (χ1n) is 8.23. The van der Waals surface area contributed by atoms with Gasteiger partial charge in [-0.15, -0.1) is 0 Å². The lowest BCUT2D eigenvalue weighted by molar-refractivity contribution is 0.317. The molecule has 1 aromatic rings. The summed E-state index contributed by atoms with van der Waals surface area (Å²) in [6.07, 6.45) is 14.2. The summed E-state index contributed by atoms with van der Waals surface area (Å²) in [6.45, 7) is 3.33. The van der Waals surface area contributed by atoms with Crippen LogP contribution in [0.2, 0.25) is 0 Å². The molecular formula is C17H29N3.